The van der Waals surface area contributed by atoms with Gasteiger partial charge in [-0.1, -0.05) is 0 Å². The molecule has 1 saturated carbocycles. The molecule has 3 rings (SSSR count). The zero-order valence-electron chi connectivity index (χ0n) is 13.0. The lowest BCUT2D eigenvalue weighted by molar-refractivity contribution is -0.128. The summed E-state index contributed by atoms with van der Waals surface area (Å²) in [7, 11) is 0. The minimum atomic E-state index is -0.475. The van der Waals surface area contributed by atoms with E-state index >= 15 is 0 Å². The van der Waals surface area contributed by atoms with Crippen LogP contribution in [0.2, 0.25) is 0 Å². The standard InChI is InChI=1S/C16H22FN3O3/c17-12-9-18-16(19-10-12)23-14-3-1-13(2-4-14)20-15(21)11-5-7-22-8-6-11/h9-11,13-14H,1-8H2,(H,20,21). The van der Waals surface area contributed by atoms with E-state index in [2.05, 4.69) is 15.3 Å². The monoisotopic (exact) mass is 323 g/mol. The maximum atomic E-state index is 12.8. The normalized spacial score (nSPS) is 25.8. The van der Waals surface area contributed by atoms with Gasteiger partial charge < -0.3 is 14.8 Å². The molecule has 126 valence electrons. The largest absolute Gasteiger partial charge is 0.460 e. The van der Waals surface area contributed by atoms with Crippen LogP contribution in [0.15, 0.2) is 12.4 Å². The lowest BCUT2D eigenvalue weighted by atomic mass is 9.91. The summed E-state index contributed by atoms with van der Waals surface area (Å²) >= 11 is 0. The summed E-state index contributed by atoms with van der Waals surface area (Å²) in [5, 5.41) is 3.15. The Kier molecular flexibility index (Phi) is 5.38. The van der Waals surface area contributed by atoms with Crippen LogP contribution in [0.5, 0.6) is 6.01 Å². The predicted molar refractivity (Wildman–Crippen MR) is 80.3 cm³/mol. The molecule has 0 unspecified atom stereocenters. The van der Waals surface area contributed by atoms with Gasteiger partial charge in [0.2, 0.25) is 5.91 Å². The Morgan fingerprint density at radius 3 is 2.43 bits per heavy atom. The molecule has 1 aromatic heterocycles. The highest BCUT2D eigenvalue weighted by atomic mass is 19.1. The first-order valence-corrected chi connectivity index (χ1v) is 8.23. The number of carbonyl (C=O) groups excluding carboxylic acids is 1. The van der Waals surface area contributed by atoms with Gasteiger partial charge in [0.1, 0.15) is 6.10 Å². The maximum Gasteiger partial charge on any atom is 0.316 e. The van der Waals surface area contributed by atoms with Gasteiger partial charge in [0.25, 0.3) is 0 Å². The number of nitrogens with zero attached hydrogens (tertiary/aromatic N) is 2. The Morgan fingerprint density at radius 1 is 1.13 bits per heavy atom. The smallest absolute Gasteiger partial charge is 0.316 e. The van der Waals surface area contributed by atoms with Gasteiger partial charge in [-0.3, -0.25) is 4.79 Å². The molecular formula is C16H22FN3O3. The van der Waals surface area contributed by atoms with Gasteiger partial charge in [-0.25, -0.2) is 14.4 Å². The number of rotatable bonds is 4. The van der Waals surface area contributed by atoms with Crippen molar-refractivity contribution in [2.45, 2.75) is 50.7 Å². The van der Waals surface area contributed by atoms with Crippen LogP contribution in [0.3, 0.4) is 0 Å². The van der Waals surface area contributed by atoms with Crippen LogP contribution in [0.4, 0.5) is 4.39 Å². The van der Waals surface area contributed by atoms with E-state index in [9.17, 15) is 9.18 Å². The zero-order valence-corrected chi connectivity index (χ0v) is 13.0. The van der Waals surface area contributed by atoms with Crippen molar-refractivity contribution in [3.8, 4) is 6.01 Å². The summed E-state index contributed by atoms with van der Waals surface area (Å²) < 4.78 is 23.7. The van der Waals surface area contributed by atoms with Crippen LogP contribution in [-0.4, -0.2) is 41.2 Å². The van der Waals surface area contributed by atoms with Crippen molar-refractivity contribution in [2.24, 2.45) is 5.92 Å². The van der Waals surface area contributed by atoms with Crippen molar-refractivity contribution < 1.29 is 18.7 Å². The van der Waals surface area contributed by atoms with Crippen LogP contribution in [0.1, 0.15) is 38.5 Å². The Labute approximate surface area is 134 Å². The maximum absolute atomic E-state index is 12.8. The molecule has 1 aromatic rings. The fraction of sp³-hybridized carbons (Fsp3) is 0.688. The third kappa shape index (κ3) is 4.60. The van der Waals surface area contributed by atoms with Crippen molar-refractivity contribution in [1.29, 1.82) is 0 Å². The first-order valence-electron chi connectivity index (χ1n) is 8.23. The number of aromatic nitrogens is 2. The summed E-state index contributed by atoms with van der Waals surface area (Å²) in [5.74, 6) is -0.234. The summed E-state index contributed by atoms with van der Waals surface area (Å²) in [6.07, 6.45) is 7.26. The number of halogens is 1. The van der Waals surface area contributed by atoms with Gasteiger partial charge in [0.15, 0.2) is 5.82 Å². The first-order chi connectivity index (χ1) is 11.2. The van der Waals surface area contributed by atoms with Crippen molar-refractivity contribution >= 4 is 5.91 Å². The molecule has 7 heteroatoms. The molecule has 2 heterocycles. The number of hydrogen-bond donors (Lipinski definition) is 1. The second-order valence-corrected chi connectivity index (χ2v) is 6.17. The highest BCUT2D eigenvalue weighted by Gasteiger charge is 2.27. The third-order valence-corrected chi connectivity index (χ3v) is 4.48. The molecule has 0 spiro atoms. The van der Waals surface area contributed by atoms with Gasteiger partial charge in [-0.05, 0) is 38.5 Å². The molecule has 0 radical (unpaired) electrons. The quantitative estimate of drug-likeness (QED) is 0.915. The summed E-state index contributed by atoms with van der Waals surface area (Å²) in [6.45, 7) is 1.35. The van der Waals surface area contributed by atoms with Crippen LogP contribution in [-0.2, 0) is 9.53 Å². The number of nitrogens with one attached hydrogen (secondary N) is 1. The minimum absolute atomic E-state index is 0.0247. The topological polar surface area (TPSA) is 73.3 Å². The van der Waals surface area contributed by atoms with Crippen molar-refractivity contribution in [3.05, 3.63) is 18.2 Å². The van der Waals surface area contributed by atoms with Crippen LogP contribution < -0.4 is 10.1 Å². The number of carbonyl (C=O) groups is 1. The van der Waals surface area contributed by atoms with Gasteiger partial charge >= 0.3 is 6.01 Å². The Balaban J connectivity index is 1.41. The van der Waals surface area contributed by atoms with Crippen LogP contribution >= 0.6 is 0 Å². The SMILES string of the molecule is O=C(NC1CCC(Oc2ncc(F)cn2)CC1)C1CCOCC1. The second kappa shape index (κ2) is 7.68. The Hall–Kier alpha value is -1.76. The van der Waals surface area contributed by atoms with E-state index in [-0.39, 0.29) is 30.0 Å². The average Bonchev–Trinajstić information content (AvgIpc) is 2.59. The summed E-state index contributed by atoms with van der Waals surface area (Å²) in [6, 6.07) is 0.417. The minimum Gasteiger partial charge on any atom is -0.460 e. The van der Waals surface area contributed by atoms with Crippen molar-refractivity contribution in [3.63, 3.8) is 0 Å². The molecule has 6 nitrogen and oxygen atoms in total. The molecule has 23 heavy (non-hydrogen) atoms. The molecule has 0 aromatic carbocycles. The van der Waals surface area contributed by atoms with E-state index in [0.29, 0.717) is 13.2 Å². The van der Waals surface area contributed by atoms with E-state index in [0.717, 1.165) is 50.9 Å². The predicted octanol–water partition coefficient (Wildman–Crippen LogP) is 1.85. The van der Waals surface area contributed by atoms with Crippen LogP contribution in [0, 0.1) is 11.7 Å². The fourth-order valence-electron chi connectivity index (χ4n) is 3.11. The van der Waals surface area contributed by atoms with E-state index in [1.54, 1.807) is 0 Å². The van der Waals surface area contributed by atoms with E-state index in [4.69, 9.17) is 9.47 Å². The van der Waals surface area contributed by atoms with E-state index in [1.807, 2.05) is 0 Å². The third-order valence-electron chi connectivity index (χ3n) is 4.48. The van der Waals surface area contributed by atoms with Crippen molar-refractivity contribution in [2.75, 3.05) is 13.2 Å². The summed E-state index contributed by atoms with van der Waals surface area (Å²) in [5.41, 5.74) is 0. The number of ether oxygens (including phenoxy) is 2. The van der Waals surface area contributed by atoms with E-state index < -0.39 is 5.82 Å². The first kappa shape index (κ1) is 16.1. The van der Waals surface area contributed by atoms with Gasteiger partial charge in [-0.2, -0.15) is 0 Å². The van der Waals surface area contributed by atoms with Crippen LogP contribution in [0.25, 0.3) is 0 Å². The lowest BCUT2D eigenvalue weighted by Gasteiger charge is -2.30. The fourth-order valence-corrected chi connectivity index (χ4v) is 3.11. The molecule has 1 saturated heterocycles. The zero-order chi connectivity index (χ0) is 16.1. The molecular weight excluding hydrogens is 301 g/mol. The number of amides is 1. The molecule has 1 aliphatic carbocycles. The molecule has 1 N–H and O–H groups in total. The Morgan fingerprint density at radius 2 is 1.78 bits per heavy atom. The Bertz CT molecular complexity index is 512. The molecule has 0 atom stereocenters. The summed E-state index contributed by atoms with van der Waals surface area (Å²) in [4.78, 5) is 19.8. The van der Waals surface area contributed by atoms with E-state index in [1.165, 1.54) is 0 Å². The molecule has 1 amide bonds. The van der Waals surface area contributed by atoms with Crippen molar-refractivity contribution in [1.82, 2.24) is 15.3 Å². The molecule has 0 bridgehead atoms. The average molecular weight is 323 g/mol. The lowest BCUT2D eigenvalue weighted by Crippen LogP contribution is -2.43. The van der Waals surface area contributed by atoms with Gasteiger partial charge in [-0.15, -0.1) is 0 Å². The van der Waals surface area contributed by atoms with Gasteiger partial charge in [0, 0.05) is 25.2 Å². The second-order valence-electron chi connectivity index (χ2n) is 6.17. The van der Waals surface area contributed by atoms with Gasteiger partial charge in [0.05, 0.1) is 12.4 Å². The highest BCUT2D eigenvalue weighted by Crippen LogP contribution is 2.23. The molecule has 2 fully saturated rings. The highest BCUT2D eigenvalue weighted by molar-refractivity contribution is 5.79. The molecule has 1 aliphatic heterocycles. The molecule has 2 aliphatic rings. The number of hydrogen-bond acceptors (Lipinski definition) is 5.